The number of carboxylic acid groups (broad SMARTS) is 1. The van der Waals surface area contributed by atoms with Crippen molar-refractivity contribution in [2.45, 2.75) is 70.4 Å². The van der Waals surface area contributed by atoms with E-state index in [9.17, 15) is 9.90 Å². The molecule has 19 heavy (non-hydrogen) atoms. The molecule has 0 bridgehead atoms. The average Bonchev–Trinajstić information content (AvgIpc) is 2.82. The minimum absolute atomic E-state index is 0.114. The van der Waals surface area contributed by atoms with E-state index in [1.807, 2.05) is 0 Å². The Morgan fingerprint density at radius 1 is 1.05 bits per heavy atom. The highest BCUT2D eigenvalue weighted by Crippen LogP contribution is 2.42. The van der Waals surface area contributed by atoms with Crippen LogP contribution in [0.15, 0.2) is 0 Å². The fraction of sp³-hybridized carbons (Fsp3) is 0.938. The van der Waals surface area contributed by atoms with E-state index >= 15 is 0 Å². The van der Waals surface area contributed by atoms with Crippen molar-refractivity contribution in [1.29, 1.82) is 0 Å². The summed E-state index contributed by atoms with van der Waals surface area (Å²) in [4.78, 5) is 14.2. The average molecular weight is 265 g/mol. The third kappa shape index (κ3) is 2.54. The molecule has 1 saturated heterocycles. The first-order chi connectivity index (χ1) is 9.16. The van der Waals surface area contributed by atoms with Gasteiger partial charge in [-0.25, -0.2) is 0 Å². The molecule has 2 aliphatic carbocycles. The lowest BCUT2D eigenvalue weighted by Gasteiger charge is -2.43. The quantitative estimate of drug-likeness (QED) is 0.834. The van der Waals surface area contributed by atoms with E-state index in [2.05, 4.69) is 11.8 Å². The Balaban J connectivity index is 1.76. The number of carbonyl (C=O) groups is 1. The summed E-state index contributed by atoms with van der Waals surface area (Å²) >= 11 is 0. The number of rotatable bonds is 2. The summed E-state index contributed by atoms with van der Waals surface area (Å²) in [6.07, 6.45) is 9.80. The standard InChI is InChI=1S/C16H27NO2/c1-11-6-7-13(16(18)19)15(10-11)17-9-8-12-4-2-3-5-14(12)17/h11-15H,2-10H2,1H3,(H,18,19). The first kappa shape index (κ1) is 13.4. The smallest absolute Gasteiger partial charge is 0.308 e. The van der Waals surface area contributed by atoms with Crippen LogP contribution in [0.1, 0.15) is 58.3 Å². The van der Waals surface area contributed by atoms with Crippen molar-refractivity contribution in [2.24, 2.45) is 17.8 Å². The van der Waals surface area contributed by atoms with Gasteiger partial charge in [0.1, 0.15) is 0 Å². The Labute approximate surface area is 116 Å². The summed E-state index contributed by atoms with van der Waals surface area (Å²) in [6, 6.07) is 1.01. The second kappa shape index (κ2) is 5.43. The molecule has 0 amide bonds. The molecule has 5 atom stereocenters. The lowest BCUT2D eigenvalue weighted by Crippen LogP contribution is -2.50. The fourth-order valence-electron chi connectivity index (χ4n) is 4.86. The van der Waals surface area contributed by atoms with Crippen molar-refractivity contribution in [3.8, 4) is 0 Å². The predicted molar refractivity (Wildman–Crippen MR) is 75.0 cm³/mol. The maximum absolute atomic E-state index is 11.6. The van der Waals surface area contributed by atoms with Gasteiger partial charge in [0.2, 0.25) is 0 Å². The molecule has 3 fully saturated rings. The number of likely N-dealkylation sites (tertiary alicyclic amines) is 1. The molecule has 3 rings (SSSR count). The topological polar surface area (TPSA) is 40.5 Å². The number of fused-ring (bicyclic) bond motifs is 1. The van der Waals surface area contributed by atoms with Crippen LogP contribution in [0.2, 0.25) is 0 Å². The highest BCUT2D eigenvalue weighted by molar-refractivity contribution is 5.71. The molecule has 0 spiro atoms. The summed E-state index contributed by atoms with van der Waals surface area (Å²) < 4.78 is 0. The van der Waals surface area contributed by atoms with Crippen molar-refractivity contribution >= 4 is 5.97 Å². The van der Waals surface area contributed by atoms with Crippen LogP contribution >= 0.6 is 0 Å². The summed E-state index contributed by atoms with van der Waals surface area (Å²) in [5.74, 6) is 0.886. The highest BCUT2D eigenvalue weighted by atomic mass is 16.4. The number of aliphatic carboxylic acids is 1. The van der Waals surface area contributed by atoms with Crippen LogP contribution in [0, 0.1) is 17.8 Å². The van der Waals surface area contributed by atoms with E-state index < -0.39 is 5.97 Å². The molecule has 0 aromatic rings. The van der Waals surface area contributed by atoms with Gasteiger partial charge in [-0.05, 0) is 56.9 Å². The van der Waals surface area contributed by atoms with Gasteiger partial charge in [0.15, 0.2) is 0 Å². The van der Waals surface area contributed by atoms with E-state index in [0.717, 1.165) is 31.7 Å². The van der Waals surface area contributed by atoms with Crippen LogP contribution in [-0.4, -0.2) is 34.6 Å². The molecule has 0 aromatic carbocycles. The molecule has 3 nitrogen and oxygen atoms in total. The second-order valence-corrected chi connectivity index (χ2v) is 7.07. The van der Waals surface area contributed by atoms with Crippen molar-refractivity contribution in [1.82, 2.24) is 4.90 Å². The minimum atomic E-state index is -0.559. The zero-order chi connectivity index (χ0) is 13.4. The van der Waals surface area contributed by atoms with E-state index in [-0.39, 0.29) is 5.92 Å². The van der Waals surface area contributed by atoms with Gasteiger partial charge in [-0.1, -0.05) is 19.8 Å². The molecule has 3 aliphatic rings. The normalized spacial score (nSPS) is 43.9. The molecular weight excluding hydrogens is 238 g/mol. The monoisotopic (exact) mass is 265 g/mol. The number of carboxylic acids is 1. The summed E-state index contributed by atoms with van der Waals surface area (Å²) in [6.45, 7) is 3.44. The molecule has 2 saturated carbocycles. The highest BCUT2D eigenvalue weighted by Gasteiger charge is 2.44. The maximum atomic E-state index is 11.6. The Morgan fingerprint density at radius 2 is 1.84 bits per heavy atom. The van der Waals surface area contributed by atoms with Gasteiger partial charge in [0, 0.05) is 12.1 Å². The van der Waals surface area contributed by atoms with E-state index in [1.54, 1.807) is 0 Å². The van der Waals surface area contributed by atoms with E-state index in [0.29, 0.717) is 18.0 Å². The third-order valence-corrected chi connectivity index (χ3v) is 5.88. The van der Waals surface area contributed by atoms with Gasteiger partial charge in [0.25, 0.3) is 0 Å². The van der Waals surface area contributed by atoms with Gasteiger partial charge < -0.3 is 5.11 Å². The predicted octanol–water partition coefficient (Wildman–Crippen LogP) is 3.14. The molecular formula is C16H27NO2. The van der Waals surface area contributed by atoms with E-state index in [1.165, 1.54) is 32.1 Å². The number of nitrogens with zero attached hydrogens (tertiary/aromatic N) is 1. The Hall–Kier alpha value is -0.570. The lowest BCUT2D eigenvalue weighted by atomic mass is 9.77. The second-order valence-electron chi connectivity index (χ2n) is 7.07. The first-order valence-corrected chi connectivity index (χ1v) is 8.15. The van der Waals surface area contributed by atoms with Crippen LogP contribution < -0.4 is 0 Å². The Kier molecular flexibility index (Phi) is 3.84. The Bertz CT molecular complexity index is 344. The van der Waals surface area contributed by atoms with Gasteiger partial charge in [0.05, 0.1) is 5.92 Å². The van der Waals surface area contributed by atoms with Crippen molar-refractivity contribution in [3.05, 3.63) is 0 Å². The van der Waals surface area contributed by atoms with Gasteiger partial charge in [-0.15, -0.1) is 0 Å². The maximum Gasteiger partial charge on any atom is 0.308 e. The molecule has 0 radical (unpaired) electrons. The Morgan fingerprint density at radius 3 is 2.63 bits per heavy atom. The van der Waals surface area contributed by atoms with Gasteiger partial charge >= 0.3 is 5.97 Å². The summed E-state index contributed by atoms with van der Waals surface area (Å²) in [5, 5.41) is 9.52. The molecule has 3 heteroatoms. The number of hydrogen-bond acceptors (Lipinski definition) is 2. The molecule has 1 N–H and O–H groups in total. The van der Waals surface area contributed by atoms with E-state index in [4.69, 9.17) is 0 Å². The van der Waals surface area contributed by atoms with Crippen LogP contribution in [-0.2, 0) is 4.79 Å². The lowest BCUT2D eigenvalue weighted by molar-refractivity contribution is -0.146. The zero-order valence-electron chi connectivity index (χ0n) is 12.1. The molecule has 5 unspecified atom stereocenters. The van der Waals surface area contributed by atoms with Gasteiger partial charge in [-0.3, -0.25) is 9.69 Å². The van der Waals surface area contributed by atoms with Crippen molar-refractivity contribution in [2.75, 3.05) is 6.54 Å². The SMILES string of the molecule is CC1CCC(C(=O)O)C(N2CCC3CCCCC32)C1. The van der Waals surface area contributed by atoms with Crippen LogP contribution in [0.4, 0.5) is 0 Å². The fourth-order valence-corrected chi connectivity index (χ4v) is 4.86. The largest absolute Gasteiger partial charge is 0.481 e. The molecule has 0 aromatic heterocycles. The van der Waals surface area contributed by atoms with Crippen LogP contribution in [0.25, 0.3) is 0 Å². The molecule has 1 aliphatic heterocycles. The molecule has 108 valence electrons. The number of hydrogen-bond donors (Lipinski definition) is 1. The van der Waals surface area contributed by atoms with Gasteiger partial charge in [-0.2, -0.15) is 0 Å². The third-order valence-electron chi connectivity index (χ3n) is 5.88. The summed E-state index contributed by atoms with van der Waals surface area (Å²) in [7, 11) is 0. The first-order valence-electron chi connectivity index (χ1n) is 8.15. The summed E-state index contributed by atoms with van der Waals surface area (Å²) in [5.41, 5.74) is 0. The minimum Gasteiger partial charge on any atom is -0.481 e. The van der Waals surface area contributed by atoms with Crippen molar-refractivity contribution in [3.63, 3.8) is 0 Å². The van der Waals surface area contributed by atoms with Crippen molar-refractivity contribution < 1.29 is 9.90 Å². The zero-order valence-corrected chi connectivity index (χ0v) is 12.1. The van der Waals surface area contributed by atoms with Crippen LogP contribution in [0.5, 0.6) is 0 Å². The van der Waals surface area contributed by atoms with Crippen LogP contribution in [0.3, 0.4) is 0 Å². The molecule has 1 heterocycles.